The molecule has 9 heavy (non-hydrogen) atoms. The fourth-order valence-corrected chi connectivity index (χ4v) is 1.29. The van der Waals surface area contributed by atoms with E-state index in [9.17, 15) is 0 Å². The first kappa shape index (κ1) is 7.03. The second-order valence-corrected chi connectivity index (χ2v) is 2.64. The summed E-state index contributed by atoms with van der Waals surface area (Å²) >= 11 is 0. The average molecular weight is 130 g/mol. The maximum absolute atomic E-state index is 7.00. The van der Waals surface area contributed by atoms with E-state index in [1.54, 1.807) is 0 Å². The van der Waals surface area contributed by atoms with Gasteiger partial charge in [-0.05, 0) is 25.7 Å². The number of aliphatic hydroxyl groups excluding tert-OH is 1. The van der Waals surface area contributed by atoms with Crippen LogP contribution in [0.3, 0.4) is 0 Å². The Morgan fingerprint density at radius 2 is 1.89 bits per heavy atom. The zero-order valence-corrected chi connectivity index (χ0v) is 5.89. The van der Waals surface area contributed by atoms with Gasteiger partial charge in [0.25, 0.3) is 0 Å². The van der Waals surface area contributed by atoms with E-state index in [4.69, 9.17) is 9.84 Å². The Morgan fingerprint density at radius 3 is 2.11 bits per heavy atom. The quantitative estimate of drug-likeness (QED) is 0.528. The summed E-state index contributed by atoms with van der Waals surface area (Å²) in [5.41, 5.74) is 0.444. The van der Waals surface area contributed by atoms with Gasteiger partial charge >= 0.3 is 0 Å². The number of hydrogen-bond donors (Lipinski definition) is 1. The highest BCUT2D eigenvalue weighted by Crippen LogP contribution is 2.46. The first-order valence-corrected chi connectivity index (χ1v) is 3.50. The van der Waals surface area contributed by atoms with Crippen LogP contribution in [-0.2, 0) is 4.74 Å². The van der Waals surface area contributed by atoms with Gasteiger partial charge in [-0.15, -0.1) is 0 Å². The van der Waals surface area contributed by atoms with Crippen molar-refractivity contribution >= 4 is 0 Å². The molecule has 1 N–H and O–H groups in total. The monoisotopic (exact) mass is 130 g/mol. The Kier molecular flexibility index (Phi) is 2.09. The standard InChI is InChI=1S/C6H10O.CH4O/c1-2-6(3-4-6)7-5-1;1-2/h1-5H2;2H,1H3. The molecule has 54 valence electrons. The molecule has 0 aromatic carbocycles. The van der Waals surface area contributed by atoms with Crippen molar-refractivity contribution in [3.8, 4) is 0 Å². The third kappa shape index (κ3) is 1.43. The molecule has 1 aliphatic carbocycles. The lowest BCUT2D eigenvalue weighted by atomic mass is 10.2. The van der Waals surface area contributed by atoms with Crippen molar-refractivity contribution in [2.45, 2.75) is 31.3 Å². The Hall–Kier alpha value is -0.0800. The SMILES string of the molecule is C1COC2(C1)CC2.CO. The second kappa shape index (κ2) is 2.67. The number of hydrogen-bond acceptors (Lipinski definition) is 2. The maximum Gasteiger partial charge on any atom is 0.0685 e. The fraction of sp³-hybridized carbons (Fsp3) is 1.00. The maximum atomic E-state index is 7.00. The summed E-state index contributed by atoms with van der Waals surface area (Å²) in [6.45, 7) is 1.03. The first-order valence-electron chi connectivity index (χ1n) is 3.50. The highest BCUT2D eigenvalue weighted by molar-refractivity contribution is 4.98. The van der Waals surface area contributed by atoms with Crippen LogP contribution in [0.1, 0.15) is 25.7 Å². The van der Waals surface area contributed by atoms with E-state index in [1.165, 1.54) is 25.7 Å². The van der Waals surface area contributed by atoms with Crippen molar-refractivity contribution in [2.24, 2.45) is 0 Å². The molecule has 0 radical (unpaired) electrons. The molecule has 2 rings (SSSR count). The molecule has 1 aliphatic heterocycles. The summed E-state index contributed by atoms with van der Waals surface area (Å²) in [7, 11) is 1.00. The van der Waals surface area contributed by atoms with E-state index in [-0.39, 0.29) is 0 Å². The lowest BCUT2D eigenvalue weighted by Crippen LogP contribution is -2.02. The van der Waals surface area contributed by atoms with Gasteiger partial charge in [-0.25, -0.2) is 0 Å². The highest BCUT2D eigenvalue weighted by atomic mass is 16.5. The molecule has 0 amide bonds. The van der Waals surface area contributed by atoms with Crippen molar-refractivity contribution in [1.82, 2.24) is 0 Å². The molecular formula is C7H14O2. The van der Waals surface area contributed by atoms with E-state index < -0.39 is 0 Å². The Bertz CT molecular complexity index is 78.9. The molecule has 2 heteroatoms. The van der Waals surface area contributed by atoms with Gasteiger partial charge in [0.05, 0.1) is 5.60 Å². The van der Waals surface area contributed by atoms with Crippen molar-refractivity contribution in [2.75, 3.05) is 13.7 Å². The zero-order chi connectivity index (χ0) is 6.74. The van der Waals surface area contributed by atoms with E-state index in [2.05, 4.69) is 0 Å². The molecule has 0 atom stereocenters. The predicted molar refractivity (Wildman–Crippen MR) is 35.3 cm³/mol. The molecule has 1 saturated carbocycles. The molecule has 1 heterocycles. The first-order chi connectivity index (χ1) is 4.41. The molecule has 1 spiro atoms. The Labute approximate surface area is 55.8 Å². The Morgan fingerprint density at radius 1 is 1.22 bits per heavy atom. The molecule has 0 unspecified atom stereocenters. The van der Waals surface area contributed by atoms with Crippen molar-refractivity contribution in [1.29, 1.82) is 0 Å². The molecule has 0 aromatic rings. The second-order valence-electron chi connectivity index (χ2n) is 2.64. The van der Waals surface area contributed by atoms with Gasteiger partial charge in [-0.3, -0.25) is 0 Å². The largest absolute Gasteiger partial charge is 0.400 e. The Balaban J connectivity index is 0.000000186. The van der Waals surface area contributed by atoms with E-state index >= 15 is 0 Å². The van der Waals surface area contributed by atoms with E-state index in [1.807, 2.05) is 0 Å². The predicted octanol–water partition coefficient (Wildman–Crippen LogP) is 0.938. The van der Waals surface area contributed by atoms with Crippen molar-refractivity contribution in [3.05, 3.63) is 0 Å². The van der Waals surface area contributed by atoms with Crippen LogP contribution in [0, 0.1) is 0 Å². The van der Waals surface area contributed by atoms with Crippen LogP contribution in [-0.4, -0.2) is 24.4 Å². The smallest absolute Gasteiger partial charge is 0.0685 e. The van der Waals surface area contributed by atoms with Crippen LogP contribution in [0.25, 0.3) is 0 Å². The van der Waals surface area contributed by atoms with Crippen molar-refractivity contribution in [3.63, 3.8) is 0 Å². The normalized spacial score (nSPS) is 27.3. The van der Waals surface area contributed by atoms with Gasteiger partial charge in [-0.2, -0.15) is 0 Å². The van der Waals surface area contributed by atoms with Crippen LogP contribution in [0.15, 0.2) is 0 Å². The minimum Gasteiger partial charge on any atom is -0.400 e. The molecule has 2 fully saturated rings. The summed E-state index contributed by atoms with van der Waals surface area (Å²) < 4.78 is 5.45. The average Bonchev–Trinajstić information content (AvgIpc) is 2.46. The summed E-state index contributed by atoms with van der Waals surface area (Å²) in [6.07, 6.45) is 5.33. The summed E-state index contributed by atoms with van der Waals surface area (Å²) in [5, 5.41) is 7.00. The molecule has 2 nitrogen and oxygen atoms in total. The molecule has 2 aliphatic rings. The fourth-order valence-electron chi connectivity index (χ4n) is 1.29. The number of rotatable bonds is 0. The van der Waals surface area contributed by atoms with Crippen LogP contribution in [0.4, 0.5) is 0 Å². The topological polar surface area (TPSA) is 29.5 Å². The number of ether oxygens (including phenoxy) is 1. The van der Waals surface area contributed by atoms with Gasteiger partial charge in [0.1, 0.15) is 0 Å². The van der Waals surface area contributed by atoms with Gasteiger partial charge in [0.15, 0.2) is 0 Å². The van der Waals surface area contributed by atoms with Gasteiger partial charge in [-0.1, -0.05) is 0 Å². The van der Waals surface area contributed by atoms with Crippen molar-refractivity contribution < 1.29 is 9.84 Å². The van der Waals surface area contributed by atoms with Crippen LogP contribution in [0.2, 0.25) is 0 Å². The van der Waals surface area contributed by atoms with E-state index in [0.29, 0.717) is 5.60 Å². The summed E-state index contributed by atoms with van der Waals surface area (Å²) in [6, 6.07) is 0. The van der Waals surface area contributed by atoms with Crippen LogP contribution < -0.4 is 0 Å². The highest BCUT2D eigenvalue weighted by Gasteiger charge is 2.46. The van der Waals surface area contributed by atoms with Gasteiger partial charge in [0.2, 0.25) is 0 Å². The lowest BCUT2D eigenvalue weighted by molar-refractivity contribution is 0.0909. The minimum absolute atomic E-state index is 0.444. The van der Waals surface area contributed by atoms with Crippen LogP contribution >= 0.6 is 0 Å². The molecular weight excluding hydrogens is 116 g/mol. The third-order valence-corrected chi connectivity index (χ3v) is 1.99. The molecule has 0 aromatic heterocycles. The zero-order valence-electron chi connectivity index (χ0n) is 5.89. The molecule has 0 bridgehead atoms. The van der Waals surface area contributed by atoms with Gasteiger partial charge in [0, 0.05) is 13.7 Å². The van der Waals surface area contributed by atoms with Gasteiger partial charge < -0.3 is 9.84 Å². The van der Waals surface area contributed by atoms with Crippen LogP contribution in [0.5, 0.6) is 0 Å². The summed E-state index contributed by atoms with van der Waals surface area (Å²) in [5.74, 6) is 0. The number of aliphatic hydroxyl groups is 1. The third-order valence-electron chi connectivity index (χ3n) is 1.99. The van der Waals surface area contributed by atoms with E-state index in [0.717, 1.165) is 13.7 Å². The summed E-state index contributed by atoms with van der Waals surface area (Å²) in [4.78, 5) is 0. The molecule has 1 saturated heterocycles. The minimum atomic E-state index is 0.444. The lowest BCUT2D eigenvalue weighted by Gasteiger charge is -2.00.